The number of carbonyl (C=O) groups excluding carboxylic acids is 1. The van der Waals surface area contributed by atoms with E-state index in [0.717, 1.165) is 12.1 Å². The zero-order chi connectivity index (χ0) is 12.6. The first-order valence-corrected chi connectivity index (χ1v) is 5.04. The van der Waals surface area contributed by atoms with Gasteiger partial charge < -0.3 is 10.1 Å². The summed E-state index contributed by atoms with van der Waals surface area (Å²) in [7, 11) is 0. The van der Waals surface area contributed by atoms with Crippen molar-refractivity contribution in [3.05, 3.63) is 34.6 Å². The zero-order valence-electron chi connectivity index (χ0n) is 8.75. The highest BCUT2D eigenvalue weighted by atomic mass is 35.5. The first-order chi connectivity index (χ1) is 7.90. The molecule has 1 atom stereocenters. The highest BCUT2D eigenvalue weighted by Crippen LogP contribution is 2.35. The normalized spacial score (nSPS) is 21.6. The predicted octanol–water partition coefficient (Wildman–Crippen LogP) is 3.32. The second-order valence-corrected chi connectivity index (χ2v) is 4.00. The lowest BCUT2D eigenvalue weighted by atomic mass is 10.00. The largest absolute Gasteiger partial charge is 0.443 e. The van der Waals surface area contributed by atoms with Crippen LogP contribution in [0.4, 0.5) is 18.0 Å². The fourth-order valence-corrected chi connectivity index (χ4v) is 1.65. The molecule has 1 saturated heterocycles. The van der Waals surface area contributed by atoms with E-state index in [0.29, 0.717) is 0 Å². The Morgan fingerprint density at radius 3 is 2.72 bits per heavy atom. The molecule has 1 N–H and O–H groups in total. The highest BCUT2D eigenvalue weighted by molar-refractivity contribution is 6.30. The summed E-state index contributed by atoms with van der Waals surface area (Å²) in [5.74, 6) is -4.12. The van der Waals surface area contributed by atoms with Gasteiger partial charge in [0.2, 0.25) is 0 Å². The van der Waals surface area contributed by atoms with Crippen molar-refractivity contribution in [1.82, 2.24) is 5.32 Å². The van der Waals surface area contributed by atoms with Crippen LogP contribution in [0.5, 0.6) is 0 Å². The molecule has 1 heterocycles. The van der Waals surface area contributed by atoms with Gasteiger partial charge in [0.05, 0.1) is 5.02 Å². The Bertz CT molecular complexity index is 470. The van der Waals surface area contributed by atoms with Crippen LogP contribution >= 0.6 is 24.0 Å². The summed E-state index contributed by atoms with van der Waals surface area (Å²) in [6.07, 6.45) is -0.962. The summed E-state index contributed by atoms with van der Waals surface area (Å²) in [5.41, 5.74) is -0.0615. The summed E-state index contributed by atoms with van der Waals surface area (Å²) >= 11 is 5.44. The van der Waals surface area contributed by atoms with E-state index in [1.54, 1.807) is 0 Å². The maximum Gasteiger partial charge on any atom is 0.408 e. The van der Waals surface area contributed by atoms with E-state index in [4.69, 9.17) is 11.6 Å². The molecule has 0 saturated carbocycles. The van der Waals surface area contributed by atoms with Crippen molar-refractivity contribution in [3.8, 4) is 0 Å². The quantitative estimate of drug-likeness (QED) is 0.864. The third-order valence-electron chi connectivity index (χ3n) is 2.36. The number of nitrogens with one attached hydrogen (secondary N) is 1. The van der Waals surface area contributed by atoms with E-state index in [9.17, 15) is 18.0 Å². The van der Waals surface area contributed by atoms with Crippen molar-refractivity contribution in [2.45, 2.75) is 12.0 Å². The van der Waals surface area contributed by atoms with Crippen molar-refractivity contribution in [2.24, 2.45) is 0 Å². The molecule has 0 aliphatic carbocycles. The standard InChI is InChI=1S/C10H7ClF3NO2.ClH/c11-6-2-1-5(3-7(6)12)8-10(13,14)4-17-9(16)15-8;/h1-3,8H,4H2,(H,15,16);1H/t8-;/m1./s1. The number of rotatable bonds is 1. The molecule has 100 valence electrons. The highest BCUT2D eigenvalue weighted by Gasteiger charge is 2.46. The number of ether oxygens (including phenoxy) is 1. The van der Waals surface area contributed by atoms with Gasteiger partial charge in [0, 0.05) is 0 Å². The van der Waals surface area contributed by atoms with Gasteiger partial charge in [-0.05, 0) is 17.7 Å². The van der Waals surface area contributed by atoms with E-state index in [1.807, 2.05) is 5.32 Å². The SMILES string of the molecule is Cl.O=C1N[C@H](c2ccc(Cl)c(F)c2)C(F)(F)CO1. The minimum absolute atomic E-state index is 0. The number of alkyl halides is 2. The van der Waals surface area contributed by atoms with Crippen molar-refractivity contribution in [2.75, 3.05) is 6.61 Å². The third kappa shape index (κ3) is 2.81. The van der Waals surface area contributed by atoms with E-state index < -0.39 is 30.5 Å². The number of cyclic esters (lactones) is 1. The fraction of sp³-hybridized carbons (Fsp3) is 0.300. The number of hydrogen-bond donors (Lipinski definition) is 1. The number of hydrogen-bond acceptors (Lipinski definition) is 2. The smallest absolute Gasteiger partial charge is 0.408 e. The average molecular weight is 302 g/mol. The van der Waals surface area contributed by atoms with Gasteiger partial charge >= 0.3 is 12.0 Å². The molecular weight excluding hydrogens is 294 g/mol. The summed E-state index contributed by atoms with van der Waals surface area (Å²) in [4.78, 5) is 10.9. The molecule has 1 amide bonds. The van der Waals surface area contributed by atoms with Crippen molar-refractivity contribution in [3.63, 3.8) is 0 Å². The van der Waals surface area contributed by atoms with Gasteiger partial charge in [0.25, 0.3) is 0 Å². The second kappa shape index (κ2) is 5.24. The molecule has 1 aromatic carbocycles. The number of benzene rings is 1. The van der Waals surface area contributed by atoms with Gasteiger partial charge in [-0.15, -0.1) is 12.4 Å². The number of amides is 1. The van der Waals surface area contributed by atoms with Gasteiger partial charge in [-0.25, -0.2) is 18.0 Å². The summed E-state index contributed by atoms with van der Waals surface area (Å²) < 4.78 is 44.3. The van der Waals surface area contributed by atoms with Crippen LogP contribution in [-0.2, 0) is 4.74 Å². The zero-order valence-corrected chi connectivity index (χ0v) is 10.3. The topological polar surface area (TPSA) is 38.3 Å². The Hall–Kier alpha value is -1.14. The molecular formula is C10H8Cl2F3NO2. The van der Waals surface area contributed by atoms with Crippen molar-refractivity contribution >= 4 is 30.1 Å². The Balaban J connectivity index is 0.00000162. The molecule has 0 radical (unpaired) electrons. The Morgan fingerprint density at radius 1 is 1.44 bits per heavy atom. The molecule has 0 unspecified atom stereocenters. The minimum atomic E-state index is -3.30. The molecule has 0 bridgehead atoms. The first kappa shape index (κ1) is 14.9. The summed E-state index contributed by atoms with van der Waals surface area (Å²) in [5, 5.41) is 1.78. The van der Waals surface area contributed by atoms with Gasteiger partial charge in [-0.2, -0.15) is 0 Å². The van der Waals surface area contributed by atoms with Crippen LogP contribution in [0.2, 0.25) is 5.02 Å². The molecule has 1 fully saturated rings. The van der Waals surface area contributed by atoms with Crippen molar-refractivity contribution in [1.29, 1.82) is 0 Å². The van der Waals surface area contributed by atoms with Crippen LogP contribution in [0.3, 0.4) is 0 Å². The molecule has 1 aromatic rings. The second-order valence-electron chi connectivity index (χ2n) is 3.59. The molecule has 1 aliphatic heterocycles. The van der Waals surface area contributed by atoms with Crippen LogP contribution in [0.25, 0.3) is 0 Å². The molecule has 0 spiro atoms. The lowest BCUT2D eigenvalue weighted by molar-refractivity contribution is -0.104. The van der Waals surface area contributed by atoms with Gasteiger partial charge in [-0.1, -0.05) is 17.7 Å². The Kier molecular flexibility index (Phi) is 4.34. The molecule has 8 heteroatoms. The number of carbonyl (C=O) groups is 1. The van der Waals surface area contributed by atoms with Gasteiger partial charge in [0.15, 0.2) is 6.61 Å². The van der Waals surface area contributed by atoms with Crippen molar-refractivity contribution < 1.29 is 22.7 Å². The molecule has 18 heavy (non-hydrogen) atoms. The molecule has 1 aliphatic rings. The average Bonchev–Trinajstić information content (AvgIpc) is 2.26. The monoisotopic (exact) mass is 301 g/mol. The molecule has 3 nitrogen and oxygen atoms in total. The van der Waals surface area contributed by atoms with Gasteiger partial charge in [-0.3, -0.25) is 0 Å². The molecule has 2 rings (SSSR count). The Morgan fingerprint density at radius 2 is 2.11 bits per heavy atom. The van der Waals surface area contributed by atoms with E-state index in [2.05, 4.69) is 4.74 Å². The van der Waals surface area contributed by atoms with E-state index in [1.165, 1.54) is 6.07 Å². The fourth-order valence-electron chi connectivity index (χ4n) is 1.53. The maximum atomic E-state index is 13.5. The van der Waals surface area contributed by atoms with Crippen LogP contribution in [0.1, 0.15) is 11.6 Å². The first-order valence-electron chi connectivity index (χ1n) is 4.66. The molecule has 0 aromatic heterocycles. The summed E-state index contributed by atoms with van der Waals surface area (Å²) in [6.45, 7) is -1.03. The summed E-state index contributed by atoms with van der Waals surface area (Å²) in [6, 6.07) is 1.64. The van der Waals surface area contributed by atoms with Gasteiger partial charge in [0.1, 0.15) is 11.9 Å². The van der Waals surface area contributed by atoms with E-state index in [-0.39, 0.29) is 23.0 Å². The Labute approximate surface area is 112 Å². The number of halogens is 5. The van der Waals surface area contributed by atoms with Crippen LogP contribution < -0.4 is 5.32 Å². The predicted molar refractivity (Wildman–Crippen MR) is 60.8 cm³/mol. The van der Waals surface area contributed by atoms with Crippen LogP contribution in [0, 0.1) is 5.82 Å². The number of alkyl carbamates (subject to hydrolysis) is 1. The van der Waals surface area contributed by atoms with E-state index >= 15 is 0 Å². The maximum absolute atomic E-state index is 13.5. The minimum Gasteiger partial charge on any atom is -0.443 e. The lowest BCUT2D eigenvalue weighted by Gasteiger charge is -2.31. The lowest BCUT2D eigenvalue weighted by Crippen LogP contribution is -2.49. The van der Waals surface area contributed by atoms with Crippen LogP contribution in [-0.4, -0.2) is 18.6 Å². The third-order valence-corrected chi connectivity index (χ3v) is 2.66. The van der Waals surface area contributed by atoms with Crippen LogP contribution in [0.15, 0.2) is 18.2 Å².